The van der Waals surface area contributed by atoms with Crippen LogP contribution in [0.3, 0.4) is 0 Å². The van der Waals surface area contributed by atoms with Crippen LogP contribution in [0.25, 0.3) is 0 Å². The second-order valence-corrected chi connectivity index (χ2v) is 5.18. The molecule has 1 aromatic carbocycles. The third kappa shape index (κ3) is 7.33. The van der Waals surface area contributed by atoms with Gasteiger partial charge in [-0.3, -0.25) is 4.90 Å². The van der Waals surface area contributed by atoms with Gasteiger partial charge in [-0.25, -0.2) is 0 Å². The number of halogens is 5. The van der Waals surface area contributed by atoms with E-state index in [4.69, 9.17) is 28.3 Å². The molecular formula is C13H16Cl2F3NO2. The molecule has 0 amide bonds. The molecule has 0 radical (unpaired) electrons. The minimum absolute atomic E-state index is 0.0957. The fourth-order valence-corrected chi connectivity index (χ4v) is 2.22. The molecule has 0 atom stereocenters. The third-order valence-electron chi connectivity index (χ3n) is 2.68. The minimum atomic E-state index is -4.34. The summed E-state index contributed by atoms with van der Waals surface area (Å²) in [5, 5.41) is 9.96. The van der Waals surface area contributed by atoms with Crippen LogP contribution in [0.2, 0.25) is 10.0 Å². The number of rotatable bonds is 8. The Morgan fingerprint density at radius 3 is 2.29 bits per heavy atom. The Balaban J connectivity index is 2.53. The molecule has 0 saturated heterocycles. The second-order valence-electron chi connectivity index (χ2n) is 4.37. The number of hydrogen-bond acceptors (Lipinski definition) is 3. The van der Waals surface area contributed by atoms with E-state index in [1.807, 2.05) is 0 Å². The highest BCUT2D eigenvalue weighted by Crippen LogP contribution is 2.25. The molecule has 0 saturated carbocycles. The molecule has 0 unspecified atom stereocenters. The van der Waals surface area contributed by atoms with E-state index in [1.165, 1.54) is 0 Å². The van der Waals surface area contributed by atoms with E-state index in [-0.39, 0.29) is 26.3 Å². The van der Waals surface area contributed by atoms with Crippen molar-refractivity contribution in [3.05, 3.63) is 33.8 Å². The minimum Gasteiger partial charge on any atom is -0.395 e. The molecule has 0 aromatic heterocycles. The maximum atomic E-state index is 12.0. The van der Waals surface area contributed by atoms with Gasteiger partial charge in [0, 0.05) is 35.2 Å². The quantitative estimate of drug-likeness (QED) is 0.733. The first kappa shape index (κ1) is 18.5. The summed E-state index contributed by atoms with van der Waals surface area (Å²) in [4.78, 5) is 1.73. The Kier molecular flexibility index (Phi) is 7.76. The summed E-state index contributed by atoms with van der Waals surface area (Å²) in [6.07, 6.45) is -4.34. The van der Waals surface area contributed by atoms with E-state index in [1.54, 1.807) is 23.1 Å². The summed E-state index contributed by atoms with van der Waals surface area (Å²) in [6.45, 7) is -0.653. The molecule has 1 aromatic rings. The summed E-state index contributed by atoms with van der Waals surface area (Å²) < 4.78 is 40.5. The van der Waals surface area contributed by atoms with Gasteiger partial charge >= 0.3 is 6.18 Å². The van der Waals surface area contributed by atoms with Crippen molar-refractivity contribution in [1.82, 2.24) is 4.90 Å². The van der Waals surface area contributed by atoms with Gasteiger partial charge in [-0.15, -0.1) is 0 Å². The smallest absolute Gasteiger partial charge is 0.395 e. The monoisotopic (exact) mass is 345 g/mol. The van der Waals surface area contributed by atoms with Crippen molar-refractivity contribution >= 4 is 23.2 Å². The molecule has 0 fully saturated rings. The van der Waals surface area contributed by atoms with Crippen LogP contribution in [0, 0.1) is 0 Å². The molecule has 0 spiro atoms. The molecule has 0 aliphatic heterocycles. The SMILES string of the molecule is OCCN(CCOCC(F)(F)F)Cc1c(Cl)cccc1Cl. The standard InChI is InChI=1S/C13H16Cl2F3NO2/c14-11-2-1-3-12(15)10(11)8-19(4-6-20)5-7-21-9-13(16,17)18/h1-3,20H,4-9H2. The van der Waals surface area contributed by atoms with E-state index in [0.29, 0.717) is 22.2 Å². The average Bonchev–Trinajstić information content (AvgIpc) is 2.38. The topological polar surface area (TPSA) is 32.7 Å². The molecule has 3 nitrogen and oxygen atoms in total. The molecule has 120 valence electrons. The summed E-state index contributed by atoms with van der Waals surface area (Å²) in [6, 6.07) is 5.07. The van der Waals surface area contributed by atoms with Crippen molar-refractivity contribution in [3.63, 3.8) is 0 Å². The lowest BCUT2D eigenvalue weighted by Gasteiger charge is -2.22. The van der Waals surface area contributed by atoms with Gasteiger partial charge in [-0.1, -0.05) is 29.3 Å². The zero-order valence-corrected chi connectivity index (χ0v) is 12.7. The molecular weight excluding hydrogens is 330 g/mol. The number of ether oxygens (including phenoxy) is 1. The fraction of sp³-hybridized carbons (Fsp3) is 0.538. The van der Waals surface area contributed by atoms with Crippen LogP contribution in [0.4, 0.5) is 13.2 Å². The molecule has 1 N–H and O–H groups in total. The number of aliphatic hydroxyl groups is 1. The number of nitrogens with zero attached hydrogens (tertiary/aromatic N) is 1. The molecule has 21 heavy (non-hydrogen) atoms. The van der Waals surface area contributed by atoms with E-state index >= 15 is 0 Å². The zero-order chi connectivity index (χ0) is 15.9. The van der Waals surface area contributed by atoms with Crippen LogP contribution in [-0.2, 0) is 11.3 Å². The van der Waals surface area contributed by atoms with Crippen LogP contribution in [0.1, 0.15) is 5.56 Å². The predicted octanol–water partition coefficient (Wildman–Crippen LogP) is 3.37. The van der Waals surface area contributed by atoms with Gasteiger partial charge in [0.1, 0.15) is 6.61 Å². The van der Waals surface area contributed by atoms with Crippen molar-refractivity contribution in [3.8, 4) is 0 Å². The second kappa shape index (κ2) is 8.80. The zero-order valence-electron chi connectivity index (χ0n) is 11.2. The lowest BCUT2D eigenvalue weighted by atomic mass is 10.2. The van der Waals surface area contributed by atoms with Gasteiger partial charge in [0.25, 0.3) is 0 Å². The van der Waals surface area contributed by atoms with Crippen LogP contribution >= 0.6 is 23.2 Å². The van der Waals surface area contributed by atoms with E-state index in [2.05, 4.69) is 4.74 Å². The molecule has 0 aliphatic rings. The van der Waals surface area contributed by atoms with Crippen molar-refractivity contribution in [2.45, 2.75) is 12.7 Å². The maximum Gasteiger partial charge on any atom is 0.411 e. The number of benzene rings is 1. The molecule has 0 bridgehead atoms. The first-order chi connectivity index (χ1) is 9.83. The van der Waals surface area contributed by atoms with Crippen LogP contribution < -0.4 is 0 Å². The Bertz CT molecular complexity index is 424. The lowest BCUT2D eigenvalue weighted by Crippen LogP contribution is -2.31. The summed E-state index contributed by atoms with van der Waals surface area (Å²) in [5.74, 6) is 0. The van der Waals surface area contributed by atoms with Crippen LogP contribution in [0.5, 0.6) is 0 Å². The predicted molar refractivity (Wildman–Crippen MR) is 75.7 cm³/mol. The highest BCUT2D eigenvalue weighted by atomic mass is 35.5. The lowest BCUT2D eigenvalue weighted by molar-refractivity contribution is -0.174. The van der Waals surface area contributed by atoms with Crippen LogP contribution in [-0.4, -0.2) is 49.1 Å². The third-order valence-corrected chi connectivity index (χ3v) is 3.39. The Labute approximate surface area is 131 Å². The van der Waals surface area contributed by atoms with Crippen LogP contribution in [0.15, 0.2) is 18.2 Å². The fourth-order valence-electron chi connectivity index (χ4n) is 1.70. The summed E-state index contributed by atoms with van der Waals surface area (Å²) >= 11 is 12.1. The normalized spacial score (nSPS) is 12.1. The van der Waals surface area contributed by atoms with E-state index < -0.39 is 12.8 Å². The Morgan fingerprint density at radius 1 is 1.14 bits per heavy atom. The van der Waals surface area contributed by atoms with Crippen molar-refractivity contribution < 1.29 is 23.0 Å². The highest BCUT2D eigenvalue weighted by Gasteiger charge is 2.27. The largest absolute Gasteiger partial charge is 0.411 e. The molecule has 0 heterocycles. The molecule has 1 rings (SSSR count). The van der Waals surface area contributed by atoms with Crippen molar-refractivity contribution in [2.24, 2.45) is 0 Å². The first-order valence-electron chi connectivity index (χ1n) is 6.24. The van der Waals surface area contributed by atoms with Crippen molar-refractivity contribution in [2.75, 3.05) is 32.9 Å². The van der Waals surface area contributed by atoms with E-state index in [0.717, 1.165) is 0 Å². The van der Waals surface area contributed by atoms with Gasteiger partial charge in [-0.05, 0) is 12.1 Å². The van der Waals surface area contributed by atoms with Gasteiger partial charge in [-0.2, -0.15) is 13.2 Å². The summed E-state index contributed by atoms with van der Waals surface area (Å²) in [7, 11) is 0. The van der Waals surface area contributed by atoms with Gasteiger partial charge in [0.15, 0.2) is 0 Å². The van der Waals surface area contributed by atoms with Crippen molar-refractivity contribution in [1.29, 1.82) is 0 Å². The number of alkyl halides is 3. The van der Waals surface area contributed by atoms with Gasteiger partial charge < -0.3 is 9.84 Å². The average molecular weight is 346 g/mol. The number of aliphatic hydroxyl groups excluding tert-OH is 1. The Morgan fingerprint density at radius 2 is 1.76 bits per heavy atom. The van der Waals surface area contributed by atoms with E-state index in [9.17, 15) is 13.2 Å². The highest BCUT2D eigenvalue weighted by molar-refractivity contribution is 6.35. The number of hydrogen-bond donors (Lipinski definition) is 1. The summed E-state index contributed by atoms with van der Waals surface area (Å²) in [5.41, 5.74) is 0.671. The van der Waals surface area contributed by atoms with Gasteiger partial charge in [0.2, 0.25) is 0 Å². The Hall–Kier alpha value is -0.530. The van der Waals surface area contributed by atoms with Gasteiger partial charge in [0.05, 0.1) is 13.2 Å². The molecule has 0 aliphatic carbocycles. The first-order valence-corrected chi connectivity index (χ1v) is 6.99. The maximum absolute atomic E-state index is 12.0. The molecule has 8 heteroatoms.